The van der Waals surface area contributed by atoms with E-state index in [-0.39, 0.29) is 0 Å². The lowest BCUT2D eigenvalue weighted by Crippen LogP contribution is -2.39. The maximum Gasteiger partial charge on any atom is 0.153 e. The summed E-state index contributed by atoms with van der Waals surface area (Å²) in [6, 6.07) is 57.0. The first kappa shape index (κ1) is 34.4. The van der Waals surface area contributed by atoms with Crippen molar-refractivity contribution in [3.63, 3.8) is 0 Å². The van der Waals surface area contributed by atoms with Crippen LogP contribution in [-0.4, -0.2) is 22.2 Å². The van der Waals surface area contributed by atoms with Crippen molar-refractivity contribution in [2.24, 2.45) is 0 Å². The summed E-state index contributed by atoms with van der Waals surface area (Å²) in [5.41, 5.74) is 17.2. The molecule has 0 saturated carbocycles. The second-order valence-corrected chi connectivity index (χ2v) is 22.5. The fourth-order valence-electron chi connectivity index (χ4n) is 9.83. The highest BCUT2D eigenvalue weighted by Crippen LogP contribution is 2.39. The van der Waals surface area contributed by atoms with Gasteiger partial charge in [0.15, 0.2) is 5.58 Å². The molecule has 0 amide bonds. The van der Waals surface area contributed by atoms with Gasteiger partial charge in [-0.1, -0.05) is 111 Å². The number of rotatable bonds is 4. The molecule has 59 heavy (non-hydrogen) atoms. The SMILES string of the molecule is C[Si](C)(C)c1cc2c(cn1)oc1ccc(-c3cc4ccc3CCc3ccc(cc3-n3c5ccccc5c5cc(-n6c7ccccc7c7ccccc76)ccc53)CC4)cc12. The fourth-order valence-corrected chi connectivity index (χ4v) is 10.9. The van der Waals surface area contributed by atoms with Gasteiger partial charge in [0.1, 0.15) is 13.7 Å². The van der Waals surface area contributed by atoms with Crippen molar-refractivity contribution in [3.05, 3.63) is 180 Å². The van der Waals surface area contributed by atoms with Gasteiger partial charge in [0.25, 0.3) is 0 Å². The lowest BCUT2D eigenvalue weighted by atomic mass is 9.89. The summed E-state index contributed by atoms with van der Waals surface area (Å²) in [5, 5.41) is 8.65. The van der Waals surface area contributed by atoms with Crippen LogP contribution >= 0.6 is 0 Å². The summed E-state index contributed by atoms with van der Waals surface area (Å²) in [6.07, 6.45) is 5.74. The van der Waals surface area contributed by atoms with Gasteiger partial charge in [-0.25, -0.2) is 0 Å². The zero-order valence-corrected chi connectivity index (χ0v) is 34.6. The molecule has 7 aromatic carbocycles. The summed E-state index contributed by atoms with van der Waals surface area (Å²) in [6.45, 7) is 7.06. The molecule has 0 fully saturated rings. The highest BCUT2D eigenvalue weighted by Gasteiger charge is 2.22. The van der Waals surface area contributed by atoms with Crippen molar-refractivity contribution < 1.29 is 4.42 Å². The molecule has 0 unspecified atom stereocenters. The summed E-state index contributed by atoms with van der Waals surface area (Å²) >= 11 is 0. The number of pyridine rings is 1. The van der Waals surface area contributed by atoms with Crippen LogP contribution in [0.5, 0.6) is 0 Å². The van der Waals surface area contributed by atoms with E-state index in [0.29, 0.717) is 0 Å². The first-order chi connectivity index (χ1) is 28.9. The first-order valence-corrected chi connectivity index (χ1v) is 24.4. The van der Waals surface area contributed by atoms with E-state index in [1.165, 1.54) is 104 Å². The predicted octanol–water partition coefficient (Wildman–Crippen LogP) is 13.3. The predicted molar refractivity (Wildman–Crippen MR) is 250 cm³/mol. The van der Waals surface area contributed by atoms with Crippen LogP contribution in [0.3, 0.4) is 0 Å². The molecule has 4 nitrogen and oxygen atoms in total. The Labute approximate surface area is 344 Å². The van der Waals surface area contributed by atoms with Gasteiger partial charge in [0.2, 0.25) is 0 Å². The summed E-state index contributed by atoms with van der Waals surface area (Å²) in [7, 11) is -1.59. The maximum absolute atomic E-state index is 6.32. The molecule has 0 atom stereocenters. The van der Waals surface area contributed by atoms with E-state index >= 15 is 0 Å². The molecule has 15 rings (SSSR count). The Kier molecular flexibility index (Phi) is 7.51. The molecule has 0 aliphatic heterocycles. The molecule has 4 aromatic heterocycles. The van der Waals surface area contributed by atoms with Crippen molar-refractivity contribution in [1.82, 2.24) is 14.1 Å². The third kappa shape index (κ3) is 5.45. The monoisotopic (exact) mass is 777 g/mol. The number of hydrogen-bond acceptors (Lipinski definition) is 2. The van der Waals surface area contributed by atoms with Gasteiger partial charge in [-0.2, -0.15) is 0 Å². The Morgan fingerprint density at radius 1 is 0.475 bits per heavy atom. The second kappa shape index (κ2) is 12.9. The molecule has 0 N–H and O–H groups in total. The summed E-state index contributed by atoms with van der Waals surface area (Å²) < 4.78 is 11.3. The van der Waals surface area contributed by atoms with Gasteiger partial charge in [0, 0.05) is 49.0 Å². The number of nitrogens with zero attached hydrogens (tertiary/aromatic N) is 3. The van der Waals surface area contributed by atoms with Crippen molar-refractivity contribution in [2.45, 2.75) is 45.3 Å². The number of aryl methyl sites for hydroxylation is 4. The van der Waals surface area contributed by atoms with E-state index in [1.54, 1.807) is 0 Å². The summed E-state index contributed by atoms with van der Waals surface area (Å²) in [4.78, 5) is 4.81. The number of aromatic nitrogens is 3. The van der Waals surface area contributed by atoms with Crippen molar-refractivity contribution in [2.75, 3.05) is 0 Å². The van der Waals surface area contributed by atoms with Crippen molar-refractivity contribution in [3.8, 4) is 22.5 Å². The van der Waals surface area contributed by atoms with Gasteiger partial charge in [-0.3, -0.25) is 4.98 Å². The number of fused-ring (bicyclic) bond motifs is 9. The summed E-state index contributed by atoms with van der Waals surface area (Å²) in [5.74, 6) is 0. The van der Waals surface area contributed by atoms with Crippen LogP contribution in [0.25, 0.3) is 88.1 Å². The quantitative estimate of drug-likeness (QED) is 0.167. The number of hydrogen-bond donors (Lipinski definition) is 0. The van der Waals surface area contributed by atoms with Gasteiger partial charge < -0.3 is 13.6 Å². The van der Waals surface area contributed by atoms with E-state index < -0.39 is 8.07 Å². The molecule has 4 aliphatic rings. The minimum atomic E-state index is -1.59. The van der Waals surface area contributed by atoms with E-state index in [1.807, 2.05) is 6.20 Å². The van der Waals surface area contributed by atoms with Gasteiger partial charge >= 0.3 is 0 Å². The average molecular weight is 778 g/mol. The van der Waals surface area contributed by atoms with E-state index in [0.717, 1.165) is 36.8 Å². The lowest BCUT2D eigenvalue weighted by molar-refractivity contribution is 0.667. The minimum Gasteiger partial charge on any atom is -0.454 e. The molecule has 0 radical (unpaired) electrons. The Hall–Kier alpha value is -6.69. The van der Waals surface area contributed by atoms with Gasteiger partial charge in [0.05, 0.1) is 28.3 Å². The second-order valence-electron chi connectivity index (χ2n) is 17.5. The number of benzene rings is 7. The zero-order valence-electron chi connectivity index (χ0n) is 33.6. The highest BCUT2D eigenvalue weighted by molar-refractivity contribution is 6.88. The Morgan fingerprint density at radius 2 is 1.08 bits per heavy atom. The third-order valence-corrected chi connectivity index (χ3v) is 14.7. The van der Waals surface area contributed by atoms with Gasteiger partial charge in [-0.05, 0) is 120 Å². The zero-order chi connectivity index (χ0) is 39.4. The van der Waals surface area contributed by atoms with Crippen LogP contribution in [0.1, 0.15) is 22.3 Å². The van der Waals surface area contributed by atoms with Crippen LogP contribution in [0.2, 0.25) is 19.6 Å². The largest absolute Gasteiger partial charge is 0.454 e. The molecule has 0 spiro atoms. The highest BCUT2D eigenvalue weighted by atomic mass is 28.3. The standard InChI is InChI=1S/C54H43N3OSi/c1-59(2,3)54-32-46-45-30-38(24-27-52(45)58-53(46)33-55-54)43-28-34-16-17-35-19-21-37(23-22-36(43)20-18-34)51(29-35)57-49-15-9-6-12-42(49)44-31-39(25-26-50(44)57)56-47-13-7-4-10-40(47)41-11-5-8-14-48(41)56/h4-15,18-21,24-33H,16-17,22-23H2,1-3H3. The third-order valence-electron chi connectivity index (χ3n) is 12.9. The first-order valence-electron chi connectivity index (χ1n) is 20.9. The normalized spacial score (nSPS) is 13.4. The van der Waals surface area contributed by atoms with Crippen molar-refractivity contribution in [1.29, 1.82) is 0 Å². The fraction of sp³-hybridized carbons (Fsp3) is 0.130. The van der Waals surface area contributed by atoms with Crippen LogP contribution in [0, 0.1) is 0 Å². The van der Waals surface area contributed by atoms with Crippen LogP contribution in [0.4, 0.5) is 0 Å². The molecule has 11 aromatic rings. The van der Waals surface area contributed by atoms with Crippen LogP contribution in [0.15, 0.2) is 162 Å². The Morgan fingerprint density at radius 3 is 1.81 bits per heavy atom. The number of para-hydroxylation sites is 3. The Balaban J connectivity index is 0.980. The average Bonchev–Trinajstić information content (AvgIpc) is 3.91. The van der Waals surface area contributed by atoms with E-state index in [4.69, 9.17) is 9.40 Å². The molecule has 4 aliphatic carbocycles. The molecular formula is C54H43N3OSi. The van der Waals surface area contributed by atoms with E-state index in [9.17, 15) is 0 Å². The molecule has 4 heterocycles. The van der Waals surface area contributed by atoms with E-state index in [2.05, 4.69) is 180 Å². The Bertz CT molecular complexity index is 3450. The lowest BCUT2D eigenvalue weighted by Gasteiger charge is -2.19. The minimum absolute atomic E-state index is 0.860. The molecule has 284 valence electrons. The molecule has 4 bridgehead atoms. The smallest absolute Gasteiger partial charge is 0.153 e. The van der Waals surface area contributed by atoms with Gasteiger partial charge in [-0.15, -0.1) is 0 Å². The van der Waals surface area contributed by atoms with Crippen molar-refractivity contribution >= 4 is 78.9 Å². The van der Waals surface area contributed by atoms with Crippen LogP contribution < -0.4 is 5.32 Å². The topological polar surface area (TPSA) is 35.9 Å². The maximum atomic E-state index is 6.32. The number of furan rings is 1. The molecule has 0 saturated heterocycles. The molecular weight excluding hydrogens is 735 g/mol. The van der Waals surface area contributed by atoms with Crippen LogP contribution in [-0.2, 0) is 25.7 Å². The molecule has 5 heteroatoms.